The molecule has 2 aromatic carbocycles. The summed E-state index contributed by atoms with van der Waals surface area (Å²) in [6.07, 6.45) is 0. The first-order chi connectivity index (χ1) is 15.0. The monoisotopic (exact) mass is 459 g/mol. The lowest BCUT2D eigenvalue weighted by atomic mass is 10.2. The topological polar surface area (TPSA) is 72.0 Å². The molecule has 1 aliphatic heterocycles. The number of piperazine rings is 1. The Hall–Kier alpha value is -2.46. The van der Waals surface area contributed by atoms with E-state index in [9.17, 15) is 8.42 Å². The molecule has 0 unspecified atom stereocenters. The number of hydrogen-bond acceptors (Lipinski definition) is 7. The highest BCUT2D eigenvalue weighted by Crippen LogP contribution is 2.26. The van der Waals surface area contributed by atoms with Crippen LogP contribution in [0.1, 0.15) is 5.01 Å². The van der Waals surface area contributed by atoms with Gasteiger partial charge in [0.2, 0.25) is 10.0 Å². The quantitative estimate of drug-likeness (QED) is 0.540. The van der Waals surface area contributed by atoms with E-state index in [0.717, 1.165) is 22.0 Å². The van der Waals surface area contributed by atoms with E-state index in [1.54, 1.807) is 54.1 Å². The normalized spacial score (nSPS) is 15.7. The van der Waals surface area contributed by atoms with Crippen LogP contribution in [0.15, 0.2) is 58.8 Å². The van der Waals surface area contributed by atoms with Crippen LogP contribution < -0.4 is 9.47 Å². The van der Waals surface area contributed by atoms with Gasteiger partial charge in [-0.15, -0.1) is 11.3 Å². The second-order valence-electron chi connectivity index (χ2n) is 7.21. The summed E-state index contributed by atoms with van der Waals surface area (Å²) in [6, 6.07) is 14.4. The fourth-order valence-electron chi connectivity index (χ4n) is 3.51. The molecule has 7 nitrogen and oxygen atoms in total. The van der Waals surface area contributed by atoms with Crippen molar-refractivity contribution in [3.05, 3.63) is 58.9 Å². The summed E-state index contributed by atoms with van der Waals surface area (Å²) in [4.78, 5) is 7.30. The van der Waals surface area contributed by atoms with Crippen LogP contribution in [0.3, 0.4) is 0 Å². The van der Waals surface area contributed by atoms with Gasteiger partial charge in [-0.25, -0.2) is 13.4 Å². The number of rotatable bonds is 7. The Bertz CT molecular complexity index is 1120. The summed E-state index contributed by atoms with van der Waals surface area (Å²) in [5, 5.41) is 3.07. The van der Waals surface area contributed by atoms with Crippen LogP contribution in [0.5, 0.6) is 11.5 Å². The zero-order valence-electron chi connectivity index (χ0n) is 17.5. The number of hydrogen-bond donors (Lipinski definition) is 0. The van der Waals surface area contributed by atoms with Crippen molar-refractivity contribution in [3.63, 3.8) is 0 Å². The zero-order chi connectivity index (χ0) is 21.8. The second kappa shape index (κ2) is 9.35. The highest BCUT2D eigenvalue weighted by molar-refractivity contribution is 7.89. The fourth-order valence-corrected chi connectivity index (χ4v) is 5.78. The number of ether oxygens (including phenoxy) is 2. The lowest BCUT2D eigenvalue weighted by Crippen LogP contribution is -2.48. The van der Waals surface area contributed by atoms with Crippen LogP contribution >= 0.6 is 11.3 Å². The average Bonchev–Trinajstić information content (AvgIpc) is 3.28. The molecule has 164 valence electrons. The molecule has 0 radical (unpaired) electrons. The fraction of sp³-hybridized carbons (Fsp3) is 0.318. The van der Waals surface area contributed by atoms with Gasteiger partial charge in [-0.05, 0) is 36.4 Å². The van der Waals surface area contributed by atoms with E-state index in [-0.39, 0.29) is 0 Å². The van der Waals surface area contributed by atoms with E-state index >= 15 is 0 Å². The third-order valence-corrected chi connectivity index (χ3v) is 8.05. The van der Waals surface area contributed by atoms with Gasteiger partial charge in [-0.2, -0.15) is 4.31 Å². The Morgan fingerprint density at radius 3 is 2.35 bits per heavy atom. The second-order valence-corrected chi connectivity index (χ2v) is 10.1. The van der Waals surface area contributed by atoms with Gasteiger partial charge in [-0.3, -0.25) is 4.90 Å². The summed E-state index contributed by atoms with van der Waals surface area (Å²) in [5.74, 6) is 1.45. The molecule has 0 aliphatic carbocycles. The van der Waals surface area contributed by atoms with Crippen LogP contribution in [0.2, 0.25) is 0 Å². The van der Waals surface area contributed by atoms with Gasteiger partial charge in [0.05, 0.1) is 31.4 Å². The minimum Gasteiger partial charge on any atom is -0.497 e. The third kappa shape index (κ3) is 4.90. The summed E-state index contributed by atoms with van der Waals surface area (Å²) in [6.45, 7) is 2.98. The van der Waals surface area contributed by atoms with Crippen LogP contribution in [0, 0.1) is 0 Å². The third-order valence-electron chi connectivity index (χ3n) is 5.30. The molecule has 1 aliphatic rings. The molecule has 3 aromatic rings. The van der Waals surface area contributed by atoms with Gasteiger partial charge in [0.25, 0.3) is 0 Å². The molecule has 0 atom stereocenters. The minimum absolute atomic E-state index is 0.296. The van der Waals surface area contributed by atoms with E-state index < -0.39 is 10.0 Å². The lowest BCUT2D eigenvalue weighted by Gasteiger charge is -2.33. The van der Waals surface area contributed by atoms with Crippen LogP contribution in [0.4, 0.5) is 0 Å². The maximum atomic E-state index is 12.9. The Balaban J connectivity index is 1.36. The molecule has 1 saturated heterocycles. The molecule has 0 saturated carbocycles. The van der Waals surface area contributed by atoms with Gasteiger partial charge in [-0.1, -0.05) is 12.1 Å². The number of sulfonamides is 1. The molecule has 31 heavy (non-hydrogen) atoms. The number of thiazole rings is 1. The van der Waals surface area contributed by atoms with E-state index in [2.05, 4.69) is 10.3 Å². The molecule has 0 N–H and O–H groups in total. The van der Waals surface area contributed by atoms with Crippen LogP contribution in [-0.2, 0) is 16.6 Å². The molecule has 9 heteroatoms. The molecule has 2 heterocycles. The van der Waals surface area contributed by atoms with Crippen molar-refractivity contribution in [2.24, 2.45) is 0 Å². The van der Waals surface area contributed by atoms with Crippen LogP contribution in [-0.4, -0.2) is 63.0 Å². The molecule has 1 fully saturated rings. The predicted molar refractivity (Wildman–Crippen MR) is 121 cm³/mol. The number of benzene rings is 2. The zero-order valence-corrected chi connectivity index (χ0v) is 19.2. The maximum Gasteiger partial charge on any atom is 0.243 e. The molecule has 1 aromatic heterocycles. The Morgan fingerprint density at radius 1 is 0.968 bits per heavy atom. The first-order valence-corrected chi connectivity index (χ1v) is 12.3. The van der Waals surface area contributed by atoms with Crippen molar-refractivity contribution in [3.8, 4) is 22.8 Å². The SMILES string of the molecule is COc1ccc(S(=O)(=O)N2CCN(Cc3nc(-c4cccc(OC)c4)cs3)CC2)cc1. The first kappa shape index (κ1) is 21.8. The predicted octanol–water partition coefficient (Wildman–Crippen LogP) is 3.33. The smallest absolute Gasteiger partial charge is 0.243 e. The molecular formula is C22H25N3O4S2. The molecule has 0 bridgehead atoms. The van der Waals surface area contributed by atoms with E-state index in [1.807, 2.05) is 24.3 Å². The summed E-state index contributed by atoms with van der Waals surface area (Å²) >= 11 is 1.62. The Kier molecular flexibility index (Phi) is 6.57. The lowest BCUT2D eigenvalue weighted by molar-refractivity contribution is 0.181. The van der Waals surface area contributed by atoms with Crippen molar-refractivity contribution in [2.75, 3.05) is 40.4 Å². The first-order valence-electron chi connectivity index (χ1n) is 9.95. The van der Waals surface area contributed by atoms with Crippen molar-refractivity contribution >= 4 is 21.4 Å². The van der Waals surface area contributed by atoms with Gasteiger partial charge in [0.1, 0.15) is 16.5 Å². The molecule has 0 spiro atoms. The van der Waals surface area contributed by atoms with Crippen molar-refractivity contribution in [2.45, 2.75) is 11.4 Å². The minimum atomic E-state index is -3.50. The summed E-state index contributed by atoms with van der Waals surface area (Å²) < 4.78 is 37.8. The van der Waals surface area contributed by atoms with Crippen molar-refractivity contribution in [1.29, 1.82) is 0 Å². The number of aromatic nitrogens is 1. The molecular weight excluding hydrogens is 434 g/mol. The maximum absolute atomic E-state index is 12.9. The Labute approximate surface area is 186 Å². The van der Waals surface area contributed by atoms with Gasteiger partial charge < -0.3 is 9.47 Å². The van der Waals surface area contributed by atoms with Crippen LogP contribution in [0.25, 0.3) is 11.3 Å². The highest BCUT2D eigenvalue weighted by atomic mass is 32.2. The largest absolute Gasteiger partial charge is 0.497 e. The summed E-state index contributed by atoms with van der Waals surface area (Å²) in [7, 11) is -0.282. The number of methoxy groups -OCH3 is 2. The van der Waals surface area contributed by atoms with E-state index in [0.29, 0.717) is 43.4 Å². The molecule has 4 rings (SSSR count). The molecule has 0 amide bonds. The average molecular weight is 460 g/mol. The van der Waals surface area contributed by atoms with E-state index in [1.165, 1.54) is 0 Å². The standard InChI is InChI=1S/C22H25N3O4S2/c1-28-18-6-8-20(9-7-18)31(26,27)25-12-10-24(11-13-25)15-22-23-21(16-30-22)17-4-3-5-19(14-17)29-2/h3-9,14,16H,10-13,15H2,1-2H3. The summed E-state index contributed by atoms with van der Waals surface area (Å²) in [5.41, 5.74) is 1.96. The van der Waals surface area contributed by atoms with Gasteiger partial charge in [0, 0.05) is 37.1 Å². The highest BCUT2D eigenvalue weighted by Gasteiger charge is 2.28. The van der Waals surface area contributed by atoms with Gasteiger partial charge >= 0.3 is 0 Å². The van der Waals surface area contributed by atoms with Crippen molar-refractivity contribution < 1.29 is 17.9 Å². The van der Waals surface area contributed by atoms with Gasteiger partial charge in [0.15, 0.2) is 0 Å². The Morgan fingerprint density at radius 2 is 1.68 bits per heavy atom. The van der Waals surface area contributed by atoms with Crippen molar-refractivity contribution in [1.82, 2.24) is 14.2 Å². The van der Waals surface area contributed by atoms with E-state index in [4.69, 9.17) is 14.5 Å². The number of nitrogens with zero attached hydrogens (tertiary/aromatic N) is 3.